The average molecular weight is 456 g/mol. The van der Waals surface area contributed by atoms with Crippen molar-refractivity contribution in [2.45, 2.75) is 4.90 Å². The first kappa shape index (κ1) is 23.1. The van der Waals surface area contributed by atoms with E-state index in [1.165, 1.54) is 33.3 Å². The van der Waals surface area contributed by atoms with Crippen molar-refractivity contribution in [2.24, 2.45) is 0 Å². The van der Waals surface area contributed by atoms with Gasteiger partial charge in [0.05, 0.1) is 24.2 Å². The van der Waals surface area contributed by atoms with Gasteiger partial charge in [-0.3, -0.25) is 4.79 Å². The Balaban J connectivity index is 1.62. The Bertz CT molecular complexity index is 1160. The maximum absolute atomic E-state index is 12.4. The minimum Gasteiger partial charge on any atom is -0.495 e. The highest BCUT2D eigenvalue weighted by molar-refractivity contribution is 7.89. The van der Waals surface area contributed by atoms with Crippen molar-refractivity contribution in [1.29, 1.82) is 0 Å². The van der Waals surface area contributed by atoms with Crippen LogP contribution in [0.25, 0.3) is 0 Å². The summed E-state index contributed by atoms with van der Waals surface area (Å²) in [5, 5.41) is 5.71. The van der Waals surface area contributed by atoms with Crippen molar-refractivity contribution in [3.05, 3.63) is 72.8 Å². The average Bonchev–Trinajstić information content (AvgIpc) is 2.79. The van der Waals surface area contributed by atoms with E-state index < -0.39 is 10.0 Å². The van der Waals surface area contributed by atoms with Gasteiger partial charge in [0, 0.05) is 19.8 Å². The first-order chi connectivity index (χ1) is 15.3. The number of methoxy groups -OCH3 is 1. The second-order valence-corrected chi connectivity index (χ2v) is 9.14. The molecule has 168 valence electrons. The lowest BCUT2D eigenvalue weighted by molar-refractivity contribution is -0.114. The zero-order valence-electron chi connectivity index (χ0n) is 18.0. The molecule has 0 aromatic heterocycles. The number of nitrogens with one attached hydrogen (secondary N) is 2. The van der Waals surface area contributed by atoms with Gasteiger partial charge in [0.25, 0.3) is 0 Å². The van der Waals surface area contributed by atoms with Crippen LogP contribution >= 0.6 is 0 Å². The van der Waals surface area contributed by atoms with Gasteiger partial charge in [-0.2, -0.15) is 0 Å². The summed E-state index contributed by atoms with van der Waals surface area (Å²) in [7, 11) is 0.768. The van der Waals surface area contributed by atoms with Crippen LogP contribution in [0.2, 0.25) is 0 Å². The predicted molar refractivity (Wildman–Crippen MR) is 124 cm³/mol. The summed E-state index contributed by atoms with van der Waals surface area (Å²) in [5.74, 6) is 1.50. The van der Waals surface area contributed by atoms with Gasteiger partial charge >= 0.3 is 0 Å². The van der Waals surface area contributed by atoms with E-state index in [1.807, 2.05) is 30.3 Å². The van der Waals surface area contributed by atoms with Crippen LogP contribution in [-0.2, 0) is 14.8 Å². The molecule has 0 radical (unpaired) electrons. The summed E-state index contributed by atoms with van der Waals surface area (Å²) in [6.07, 6.45) is 0. The number of carbonyl (C=O) groups excluding carboxylic acids is 1. The van der Waals surface area contributed by atoms with Gasteiger partial charge in [0.1, 0.15) is 17.2 Å². The number of hydrogen-bond acceptors (Lipinski definition) is 6. The summed E-state index contributed by atoms with van der Waals surface area (Å²) in [4.78, 5) is 12.5. The molecule has 0 aliphatic heterocycles. The molecule has 9 heteroatoms. The van der Waals surface area contributed by atoms with Gasteiger partial charge in [-0.25, -0.2) is 12.7 Å². The summed E-state index contributed by atoms with van der Waals surface area (Å²) < 4.78 is 36.9. The molecule has 0 atom stereocenters. The second kappa shape index (κ2) is 10.2. The largest absolute Gasteiger partial charge is 0.495 e. The molecule has 32 heavy (non-hydrogen) atoms. The third-order valence-corrected chi connectivity index (χ3v) is 6.32. The Labute approximate surface area is 187 Å². The smallest absolute Gasteiger partial charge is 0.243 e. The highest BCUT2D eigenvalue weighted by atomic mass is 32.2. The first-order valence-corrected chi connectivity index (χ1v) is 11.2. The van der Waals surface area contributed by atoms with E-state index in [1.54, 1.807) is 30.3 Å². The van der Waals surface area contributed by atoms with Gasteiger partial charge in [-0.05, 0) is 54.6 Å². The molecule has 0 fully saturated rings. The van der Waals surface area contributed by atoms with E-state index in [2.05, 4.69) is 10.6 Å². The first-order valence-electron chi connectivity index (χ1n) is 9.77. The van der Waals surface area contributed by atoms with Gasteiger partial charge in [-0.15, -0.1) is 0 Å². The molecule has 0 heterocycles. The van der Waals surface area contributed by atoms with Crippen molar-refractivity contribution in [3.63, 3.8) is 0 Å². The van der Waals surface area contributed by atoms with Crippen LogP contribution in [0.5, 0.6) is 17.2 Å². The monoisotopic (exact) mass is 455 g/mol. The topological polar surface area (TPSA) is 97.0 Å². The zero-order chi connectivity index (χ0) is 23.1. The molecule has 0 saturated carbocycles. The molecule has 0 aliphatic rings. The van der Waals surface area contributed by atoms with Crippen LogP contribution in [0.15, 0.2) is 77.7 Å². The molecule has 1 amide bonds. The van der Waals surface area contributed by atoms with E-state index in [0.717, 1.165) is 10.1 Å². The van der Waals surface area contributed by atoms with E-state index in [4.69, 9.17) is 9.47 Å². The van der Waals surface area contributed by atoms with Crippen molar-refractivity contribution in [3.8, 4) is 17.2 Å². The Hall–Kier alpha value is -3.56. The summed E-state index contributed by atoms with van der Waals surface area (Å²) in [6.45, 7) is -0.0793. The second-order valence-electron chi connectivity index (χ2n) is 6.99. The number of ether oxygens (including phenoxy) is 2. The minimum absolute atomic E-state index is 0.0793. The Kier molecular flexibility index (Phi) is 7.34. The third-order valence-electron chi connectivity index (χ3n) is 4.51. The maximum atomic E-state index is 12.4. The Morgan fingerprint density at radius 1 is 0.938 bits per heavy atom. The van der Waals surface area contributed by atoms with Gasteiger partial charge < -0.3 is 20.1 Å². The van der Waals surface area contributed by atoms with Gasteiger partial charge in [-0.1, -0.05) is 18.2 Å². The molecule has 0 bridgehead atoms. The van der Waals surface area contributed by atoms with Crippen LogP contribution in [0, 0.1) is 0 Å². The molecular weight excluding hydrogens is 430 g/mol. The van der Waals surface area contributed by atoms with Crippen LogP contribution in [0.3, 0.4) is 0 Å². The quantitative estimate of drug-likeness (QED) is 0.510. The fraction of sp³-hybridized carbons (Fsp3) is 0.174. The molecular formula is C23H25N3O5S. The van der Waals surface area contributed by atoms with Crippen LogP contribution in [0.1, 0.15) is 0 Å². The van der Waals surface area contributed by atoms with E-state index in [-0.39, 0.29) is 17.3 Å². The molecule has 0 saturated heterocycles. The zero-order valence-corrected chi connectivity index (χ0v) is 18.8. The fourth-order valence-corrected chi connectivity index (χ4v) is 3.74. The number of benzene rings is 3. The number of carbonyl (C=O) groups is 1. The molecule has 2 N–H and O–H groups in total. The normalized spacial score (nSPS) is 11.1. The summed E-state index contributed by atoms with van der Waals surface area (Å²) in [5.41, 5.74) is 1.00. The third kappa shape index (κ3) is 5.77. The molecule has 3 aromatic rings. The number of hydrogen-bond donors (Lipinski definition) is 2. The maximum Gasteiger partial charge on any atom is 0.243 e. The number of sulfonamides is 1. The Morgan fingerprint density at radius 3 is 2.22 bits per heavy atom. The lowest BCUT2D eigenvalue weighted by Crippen LogP contribution is -2.23. The van der Waals surface area contributed by atoms with Crippen LogP contribution in [0.4, 0.5) is 11.4 Å². The highest BCUT2D eigenvalue weighted by Crippen LogP contribution is 2.28. The number of rotatable bonds is 9. The Morgan fingerprint density at radius 2 is 1.59 bits per heavy atom. The van der Waals surface area contributed by atoms with Gasteiger partial charge in [0.2, 0.25) is 15.9 Å². The molecule has 3 aromatic carbocycles. The molecule has 0 unspecified atom stereocenters. The van der Waals surface area contributed by atoms with Crippen molar-refractivity contribution in [1.82, 2.24) is 4.31 Å². The molecule has 8 nitrogen and oxygen atoms in total. The van der Waals surface area contributed by atoms with Crippen molar-refractivity contribution < 1.29 is 22.7 Å². The highest BCUT2D eigenvalue weighted by Gasteiger charge is 2.19. The van der Waals surface area contributed by atoms with E-state index in [0.29, 0.717) is 22.9 Å². The fourth-order valence-electron chi connectivity index (χ4n) is 2.81. The lowest BCUT2D eigenvalue weighted by Gasteiger charge is -2.15. The SMILES string of the molecule is COc1ccc(S(=O)(=O)N(C)C)cc1NCC(=O)Nc1ccc(Oc2ccccc2)cc1. The minimum atomic E-state index is -3.61. The van der Waals surface area contributed by atoms with Crippen LogP contribution in [-0.4, -0.2) is 46.4 Å². The molecule has 3 rings (SSSR count). The molecule has 0 aliphatic carbocycles. The standard InChI is InChI=1S/C23H25N3O5S/c1-26(2)32(28,29)20-13-14-22(30-3)21(15-20)24-16-23(27)25-17-9-11-19(12-10-17)31-18-7-5-4-6-8-18/h4-15,24H,16H2,1-3H3,(H,25,27). The summed E-state index contributed by atoms with van der Waals surface area (Å²) >= 11 is 0. The van der Waals surface area contributed by atoms with Crippen molar-refractivity contribution in [2.75, 3.05) is 38.4 Å². The van der Waals surface area contributed by atoms with E-state index in [9.17, 15) is 13.2 Å². The number of amides is 1. The lowest BCUT2D eigenvalue weighted by atomic mass is 10.2. The number of anilines is 2. The van der Waals surface area contributed by atoms with Crippen molar-refractivity contribution >= 4 is 27.3 Å². The predicted octanol–water partition coefficient (Wildman–Crippen LogP) is 3.79. The summed E-state index contributed by atoms with van der Waals surface area (Å²) in [6, 6.07) is 20.8. The van der Waals surface area contributed by atoms with Gasteiger partial charge in [0.15, 0.2) is 0 Å². The van der Waals surface area contributed by atoms with Crippen LogP contribution < -0.4 is 20.1 Å². The van der Waals surface area contributed by atoms with E-state index >= 15 is 0 Å². The number of para-hydroxylation sites is 1. The molecule has 0 spiro atoms. The number of nitrogens with zero attached hydrogens (tertiary/aromatic N) is 1.